The zero-order chi connectivity index (χ0) is 28.4. The number of carbonyl (C=O) groups is 3. The van der Waals surface area contributed by atoms with E-state index in [1.165, 1.54) is 5.52 Å². The molecule has 0 saturated heterocycles. The molecule has 210 valence electrons. The van der Waals surface area contributed by atoms with Crippen LogP contribution in [0.4, 0.5) is 0 Å². The number of carbonyl (C=O) groups excluding carboxylic acids is 3. The molecule has 4 aromatic rings. The van der Waals surface area contributed by atoms with Gasteiger partial charge in [0.2, 0.25) is 0 Å². The van der Waals surface area contributed by atoms with Gasteiger partial charge in [0.25, 0.3) is 0 Å². The highest BCUT2D eigenvalue weighted by Crippen LogP contribution is 2.36. The number of ketones is 1. The number of hydrogen-bond donors (Lipinski definition) is 0. The average molecular weight is 543 g/mol. The number of hydrogen-bond acceptors (Lipinski definition) is 6. The molecule has 3 saturated carbocycles. The summed E-state index contributed by atoms with van der Waals surface area (Å²) in [7, 11) is 0. The van der Waals surface area contributed by atoms with Crippen molar-refractivity contribution in [2.24, 2.45) is 17.8 Å². The minimum absolute atomic E-state index is 0.0395. The van der Waals surface area contributed by atoms with Crippen molar-refractivity contribution >= 4 is 28.8 Å². The van der Waals surface area contributed by atoms with Gasteiger partial charge >= 0.3 is 11.9 Å². The highest BCUT2D eigenvalue weighted by atomic mass is 16.6. The Bertz CT molecular complexity index is 1470. The van der Waals surface area contributed by atoms with Crippen molar-refractivity contribution in [2.45, 2.75) is 78.1 Å². The van der Waals surface area contributed by atoms with Crippen molar-refractivity contribution in [1.82, 2.24) is 19.2 Å². The molecule has 4 heterocycles. The molecule has 0 amide bonds. The predicted molar refractivity (Wildman–Crippen MR) is 152 cm³/mol. The molecular weight excluding hydrogens is 504 g/mol. The summed E-state index contributed by atoms with van der Waals surface area (Å²) in [4.78, 5) is 34.2. The van der Waals surface area contributed by atoms with Crippen molar-refractivity contribution in [3.05, 3.63) is 71.8 Å². The van der Waals surface area contributed by atoms with Gasteiger partial charge in [0, 0.05) is 18.3 Å². The Balaban J connectivity index is 0.000000125. The van der Waals surface area contributed by atoms with Crippen molar-refractivity contribution in [1.29, 1.82) is 0 Å². The van der Waals surface area contributed by atoms with E-state index in [0.717, 1.165) is 61.0 Å². The number of fused-ring (bicyclic) bond motifs is 2. The van der Waals surface area contributed by atoms with Gasteiger partial charge < -0.3 is 4.74 Å². The summed E-state index contributed by atoms with van der Waals surface area (Å²) in [5.74, 6) is 0.798. The van der Waals surface area contributed by atoms with Gasteiger partial charge in [0.1, 0.15) is 0 Å². The molecule has 0 unspecified atom stereocenters. The van der Waals surface area contributed by atoms with Crippen LogP contribution in [0.25, 0.3) is 11.0 Å². The van der Waals surface area contributed by atoms with Gasteiger partial charge in [-0.3, -0.25) is 14.4 Å². The molecule has 3 aliphatic rings. The Kier molecular flexibility index (Phi) is 8.14. The minimum Gasteiger partial charge on any atom is -0.393 e. The number of nitrogens with zero attached hydrogens (tertiary/aromatic N) is 4. The molecule has 0 atom stereocenters. The third-order valence-corrected chi connectivity index (χ3v) is 7.31. The summed E-state index contributed by atoms with van der Waals surface area (Å²) in [5.41, 5.74) is 5.06. The van der Waals surface area contributed by atoms with E-state index in [9.17, 15) is 14.4 Å². The third kappa shape index (κ3) is 6.66. The predicted octanol–water partition coefficient (Wildman–Crippen LogP) is 6.38. The van der Waals surface area contributed by atoms with Crippen LogP contribution < -0.4 is 0 Å². The number of Topliss-reactive ketones (excluding diaryl/α,β-unsaturated/α-hetero) is 1. The summed E-state index contributed by atoms with van der Waals surface area (Å²) in [6.45, 7) is 8.49. The molecule has 0 radical (unpaired) electrons. The first kappa shape index (κ1) is 27.7. The Hall–Kier alpha value is -3.81. The van der Waals surface area contributed by atoms with Gasteiger partial charge in [-0.15, -0.1) is 0 Å². The minimum atomic E-state index is -0.304. The van der Waals surface area contributed by atoms with Crippen LogP contribution in [0.15, 0.2) is 54.9 Å². The number of ether oxygens (including phenoxy) is 1. The fraction of sp³-hybridized carbons (Fsp3) is 0.469. The Labute approximate surface area is 234 Å². The molecule has 0 spiro atoms. The summed E-state index contributed by atoms with van der Waals surface area (Å²) < 4.78 is 8.36. The summed E-state index contributed by atoms with van der Waals surface area (Å²) in [6, 6.07) is 14.1. The van der Waals surface area contributed by atoms with Crippen LogP contribution in [0.2, 0.25) is 0 Å². The van der Waals surface area contributed by atoms with E-state index in [2.05, 4.69) is 54.8 Å². The van der Waals surface area contributed by atoms with Crippen LogP contribution in [0.1, 0.15) is 99.8 Å². The molecular formula is C32H38N4O4. The van der Waals surface area contributed by atoms with Crippen molar-refractivity contribution in [3.63, 3.8) is 0 Å². The Morgan fingerprint density at radius 3 is 1.85 bits per heavy atom. The van der Waals surface area contributed by atoms with Crippen LogP contribution in [0, 0.1) is 17.8 Å². The zero-order valence-corrected chi connectivity index (χ0v) is 23.7. The lowest BCUT2D eigenvalue weighted by molar-refractivity contribution is -0.161. The largest absolute Gasteiger partial charge is 0.393 e. The average Bonchev–Trinajstić information content (AvgIpc) is 3.80. The number of esters is 2. The van der Waals surface area contributed by atoms with Crippen LogP contribution >= 0.6 is 0 Å². The van der Waals surface area contributed by atoms with Crippen molar-refractivity contribution in [3.8, 4) is 0 Å². The molecule has 3 fully saturated rings. The van der Waals surface area contributed by atoms with E-state index in [1.807, 2.05) is 51.8 Å². The molecule has 7 rings (SSSR count). The van der Waals surface area contributed by atoms with Gasteiger partial charge in [0.15, 0.2) is 5.78 Å². The maximum atomic E-state index is 12.4. The van der Waals surface area contributed by atoms with Gasteiger partial charge in [-0.05, 0) is 80.7 Å². The normalized spacial score (nSPS) is 16.4. The lowest BCUT2D eigenvalue weighted by Crippen LogP contribution is -2.14. The van der Waals surface area contributed by atoms with Gasteiger partial charge in [-0.1, -0.05) is 39.8 Å². The van der Waals surface area contributed by atoms with E-state index < -0.39 is 0 Å². The van der Waals surface area contributed by atoms with Crippen molar-refractivity contribution in [2.75, 3.05) is 0 Å². The van der Waals surface area contributed by atoms with Crippen LogP contribution in [0.3, 0.4) is 0 Å². The zero-order valence-electron chi connectivity index (χ0n) is 23.7. The number of rotatable bonds is 6. The van der Waals surface area contributed by atoms with E-state index in [-0.39, 0.29) is 41.4 Å². The van der Waals surface area contributed by atoms with Crippen LogP contribution in [0.5, 0.6) is 0 Å². The fourth-order valence-electron chi connectivity index (χ4n) is 4.37. The van der Waals surface area contributed by atoms with E-state index in [1.54, 1.807) is 0 Å². The third-order valence-electron chi connectivity index (χ3n) is 7.31. The second-order valence-corrected chi connectivity index (χ2v) is 11.7. The second kappa shape index (κ2) is 11.7. The first-order chi connectivity index (χ1) is 19.2. The quantitative estimate of drug-likeness (QED) is 0.159. The molecule has 0 aliphatic heterocycles. The summed E-state index contributed by atoms with van der Waals surface area (Å²) >= 11 is 0. The first-order valence-electron chi connectivity index (χ1n) is 14.4. The standard InChI is InChI=1S/C14H16N2O.C10H12N2.C8H10O3/c1-9(2)13-12(14(17)10-6-7-10)11-5-3-4-8-16(11)15-13;1-8(2)10-7-9-5-3-4-6-12(9)11-10;9-7(5-1-2-5)11-8(10)6-3-4-6/h3-5,8-10H,6-7H2,1-2H3;3-8H,1-2H3;5-6H,1-4H2. The molecule has 3 aliphatic carbocycles. The Morgan fingerprint density at radius 2 is 1.32 bits per heavy atom. The highest BCUT2D eigenvalue weighted by Gasteiger charge is 2.38. The van der Waals surface area contributed by atoms with E-state index in [4.69, 9.17) is 0 Å². The van der Waals surface area contributed by atoms with E-state index >= 15 is 0 Å². The number of aromatic nitrogens is 4. The molecule has 0 aromatic carbocycles. The van der Waals surface area contributed by atoms with Gasteiger partial charge in [-0.25, -0.2) is 9.03 Å². The molecule has 4 aromatic heterocycles. The molecule has 40 heavy (non-hydrogen) atoms. The summed E-state index contributed by atoms with van der Waals surface area (Å²) in [5, 5.41) is 8.97. The topological polar surface area (TPSA) is 95.0 Å². The lowest BCUT2D eigenvalue weighted by atomic mass is 9.99. The first-order valence-corrected chi connectivity index (χ1v) is 14.4. The fourth-order valence-corrected chi connectivity index (χ4v) is 4.37. The van der Waals surface area contributed by atoms with Crippen LogP contribution in [-0.2, 0) is 14.3 Å². The van der Waals surface area contributed by atoms with E-state index in [0.29, 0.717) is 5.92 Å². The van der Waals surface area contributed by atoms with Gasteiger partial charge in [0.05, 0.1) is 39.8 Å². The molecule has 8 heteroatoms. The monoisotopic (exact) mass is 542 g/mol. The summed E-state index contributed by atoms with van der Waals surface area (Å²) in [6.07, 6.45) is 9.56. The SMILES string of the molecule is CC(C)c1cc2ccccn2n1.CC(C)c1nn2ccccc2c1C(=O)C1CC1.O=C(OC(=O)C1CC1)C1CC1. The highest BCUT2D eigenvalue weighted by molar-refractivity contribution is 6.06. The lowest BCUT2D eigenvalue weighted by Gasteiger charge is -2.03. The Morgan fingerprint density at radius 1 is 0.750 bits per heavy atom. The van der Waals surface area contributed by atoms with Crippen LogP contribution in [-0.4, -0.2) is 37.0 Å². The molecule has 0 bridgehead atoms. The smallest absolute Gasteiger partial charge is 0.316 e. The number of pyridine rings is 2. The maximum Gasteiger partial charge on any atom is 0.316 e. The molecule has 8 nitrogen and oxygen atoms in total. The van der Waals surface area contributed by atoms with Gasteiger partial charge in [-0.2, -0.15) is 10.2 Å². The van der Waals surface area contributed by atoms with Crippen molar-refractivity contribution < 1.29 is 19.1 Å². The maximum absolute atomic E-state index is 12.4. The molecule has 0 N–H and O–H groups in total. The second-order valence-electron chi connectivity index (χ2n) is 11.7.